The summed E-state index contributed by atoms with van der Waals surface area (Å²) in [4.78, 5) is 19.9. The van der Waals surface area contributed by atoms with Crippen molar-refractivity contribution in [3.63, 3.8) is 0 Å². The number of carbonyl (C=O) groups excluding carboxylic acids is 1. The molecule has 0 saturated carbocycles. The maximum absolute atomic E-state index is 12.0. The predicted molar refractivity (Wildman–Crippen MR) is 67.7 cm³/mol. The highest BCUT2D eigenvalue weighted by Crippen LogP contribution is 2.08. The van der Waals surface area contributed by atoms with Gasteiger partial charge in [-0.3, -0.25) is 4.79 Å². The quantitative estimate of drug-likeness (QED) is 0.810. The van der Waals surface area contributed by atoms with Gasteiger partial charge >= 0.3 is 0 Å². The van der Waals surface area contributed by atoms with Crippen LogP contribution in [0.15, 0.2) is 12.4 Å². The highest BCUT2D eigenvalue weighted by molar-refractivity contribution is 5.94. The van der Waals surface area contributed by atoms with Crippen molar-refractivity contribution >= 4 is 11.7 Å². The number of amides is 1. The van der Waals surface area contributed by atoms with Crippen LogP contribution in [-0.4, -0.2) is 29.0 Å². The van der Waals surface area contributed by atoms with Crippen LogP contribution in [0.2, 0.25) is 0 Å². The molecule has 17 heavy (non-hydrogen) atoms. The first-order valence-electron chi connectivity index (χ1n) is 5.79. The van der Waals surface area contributed by atoms with Crippen LogP contribution in [0.4, 0.5) is 5.82 Å². The minimum Gasteiger partial charge on any atom is -0.309 e. The van der Waals surface area contributed by atoms with Gasteiger partial charge in [-0.1, -0.05) is 13.8 Å². The Labute approximate surface area is 102 Å². The molecule has 1 atom stereocenters. The summed E-state index contributed by atoms with van der Waals surface area (Å²) < 4.78 is 0. The Morgan fingerprint density at radius 3 is 2.65 bits per heavy atom. The maximum atomic E-state index is 12.0. The molecule has 0 aliphatic rings. The van der Waals surface area contributed by atoms with E-state index < -0.39 is 0 Å². The van der Waals surface area contributed by atoms with Crippen LogP contribution in [0.25, 0.3) is 0 Å². The number of nitrogens with zero attached hydrogens (tertiary/aromatic N) is 2. The summed E-state index contributed by atoms with van der Waals surface area (Å²) in [5, 5.41) is 5.80. The van der Waals surface area contributed by atoms with E-state index in [1.807, 2.05) is 6.92 Å². The second-order valence-corrected chi connectivity index (χ2v) is 4.50. The summed E-state index contributed by atoms with van der Waals surface area (Å²) in [6.07, 6.45) is 2.24. The van der Waals surface area contributed by atoms with Gasteiger partial charge in [0.05, 0.1) is 6.04 Å². The number of anilines is 1. The molecule has 1 amide bonds. The number of nitrogens with one attached hydrogen (secondary N) is 2. The zero-order valence-electron chi connectivity index (χ0n) is 10.8. The van der Waals surface area contributed by atoms with Crippen molar-refractivity contribution in [1.29, 1.82) is 0 Å². The van der Waals surface area contributed by atoms with Gasteiger partial charge in [-0.05, 0) is 26.3 Å². The van der Waals surface area contributed by atoms with Crippen LogP contribution in [0.5, 0.6) is 0 Å². The van der Waals surface area contributed by atoms with E-state index in [1.54, 1.807) is 13.1 Å². The van der Waals surface area contributed by atoms with Crippen molar-refractivity contribution in [1.82, 2.24) is 15.3 Å². The first-order chi connectivity index (χ1) is 8.02. The Kier molecular flexibility index (Phi) is 5.03. The topological polar surface area (TPSA) is 66.9 Å². The maximum Gasteiger partial charge on any atom is 0.242 e. The molecule has 5 heteroatoms. The zero-order chi connectivity index (χ0) is 12.8. The van der Waals surface area contributed by atoms with Crippen molar-refractivity contribution < 1.29 is 4.79 Å². The Morgan fingerprint density at radius 2 is 2.12 bits per heavy atom. The highest BCUT2D eigenvalue weighted by Gasteiger charge is 2.18. The number of rotatable bonds is 5. The molecule has 0 fully saturated rings. The summed E-state index contributed by atoms with van der Waals surface area (Å²) >= 11 is 0. The van der Waals surface area contributed by atoms with Gasteiger partial charge in [-0.25, -0.2) is 9.97 Å². The number of aryl methyl sites for hydroxylation is 1. The van der Waals surface area contributed by atoms with Crippen molar-refractivity contribution in [2.75, 3.05) is 12.4 Å². The van der Waals surface area contributed by atoms with Crippen LogP contribution in [-0.2, 0) is 4.79 Å². The molecular formula is C12H20N4O. The average molecular weight is 236 g/mol. The fraction of sp³-hybridized carbons (Fsp3) is 0.583. The third kappa shape index (κ3) is 4.48. The Balaban J connectivity index is 2.64. The summed E-state index contributed by atoms with van der Waals surface area (Å²) in [6.45, 7) is 6.04. The lowest BCUT2D eigenvalue weighted by Gasteiger charge is -2.17. The minimum absolute atomic E-state index is 0.0562. The van der Waals surface area contributed by atoms with Crippen LogP contribution in [0.3, 0.4) is 0 Å². The van der Waals surface area contributed by atoms with Gasteiger partial charge in [0.2, 0.25) is 5.91 Å². The van der Waals surface area contributed by atoms with E-state index in [4.69, 9.17) is 0 Å². The smallest absolute Gasteiger partial charge is 0.242 e. The van der Waals surface area contributed by atoms with Crippen molar-refractivity contribution in [2.24, 2.45) is 5.92 Å². The number of carbonyl (C=O) groups is 1. The van der Waals surface area contributed by atoms with Gasteiger partial charge < -0.3 is 10.6 Å². The Morgan fingerprint density at radius 1 is 1.41 bits per heavy atom. The molecule has 0 aromatic carbocycles. The van der Waals surface area contributed by atoms with E-state index >= 15 is 0 Å². The van der Waals surface area contributed by atoms with Crippen LogP contribution in [0, 0.1) is 12.8 Å². The third-order valence-corrected chi connectivity index (χ3v) is 2.43. The molecule has 1 unspecified atom stereocenters. The van der Waals surface area contributed by atoms with Crippen molar-refractivity contribution in [3.8, 4) is 0 Å². The van der Waals surface area contributed by atoms with Crippen LogP contribution in [0.1, 0.15) is 26.0 Å². The monoisotopic (exact) mass is 236 g/mol. The van der Waals surface area contributed by atoms with E-state index in [9.17, 15) is 4.79 Å². The largest absolute Gasteiger partial charge is 0.309 e. The molecule has 94 valence electrons. The molecule has 1 aromatic rings. The molecule has 0 saturated heterocycles. The molecule has 5 nitrogen and oxygen atoms in total. The standard InChI is InChI=1S/C12H20N4O/c1-8(2)5-10(13-4)12(17)16-11-6-9(3)14-7-15-11/h6-8,10,13H,5H2,1-4H3,(H,14,15,16,17). The highest BCUT2D eigenvalue weighted by atomic mass is 16.2. The average Bonchev–Trinajstić information content (AvgIpc) is 2.25. The van der Waals surface area contributed by atoms with E-state index in [1.165, 1.54) is 6.33 Å². The fourth-order valence-electron chi connectivity index (χ4n) is 1.56. The van der Waals surface area contributed by atoms with Crippen molar-refractivity contribution in [3.05, 3.63) is 18.1 Å². The predicted octanol–water partition coefficient (Wildman–Crippen LogP) is 1.36. The van der Waals surface area contributed by atoms with Gasteiger partial charge in [-0.15, -0.1) is 0 Å². The van der Waals surface area contributed by atoms with Crippen LogP contribution >= 0.6 is 0 Å². The first-order valence-corrected chi connectivity index (χ1v) is 5.79. The third-order valence-electron chi connectivity index (χ3n) is 2.43. The lowest BCUT2D eigenvalue weighted by atomic mass is 10.0. The van der Waals surface area contributed by atoms with Gasteiger partial charge in [-0.2, -0.15) is 0 Å². The normalized spacial score (nSPS) is 12.5. The number of aromatic nitrogens is 2. The lowest BCUT2D eigenvalue weighted by Crippen LogP contribution is -2.39. The minimum atomic E-state index is -0.190. The van der Waals surface area contributed by atoms with Gasteiger partial charge in [0.15, 0.2) is 0 Å². The molecule has 0 aliphatic carbocycles. The summed E-state index contributed by atoms with van der Waals surface area (Å²) in [6, 6.07) is 1.56. The van der Waals surface area contributed by atoms with E-state index in [-0.39, 0.29) is 11.9 Å². The van der Waals surface area contributed by atoms with E-state index in [2.05, 4.69) is 34.4 Å². The SMILES string of the molecule is CNC(CC(C)C)C(=O)Nc1cc(C)ncn1. The lowest BCUT2D eigenvalue weighted by molar-refractivity contribution is -0.118. The van der Waals surface area contributed by atoms with Gasteiger partial charge in [0.25, 0.3) is 0 Å². The number of likely N-dealkylation sites (N-methyl/N-ethyl adjacent to an activating group) is 1. The molecular weight excluding hydrogens is 216 g/mol. The van der Waals surface area contributed by atoms with E-state index in [0.29, 0.717) is 11.7 Å². The Hall–Kier alpha value is -1.49. The summed E-state index contributed by atoms with van der Waals surface area (Å²) in [5.41, 5.74) is 0.833. The van der Waals surface area contributed by atoms with Gasteiger partial charge in [0, 0.05) is 11.8 Å². The molecule has 1 aromatic heterocycles. The molecule has 2 N–H and O–H groups in total. The molecule has 0 spiro atoms. The molecule has 0 aliphatic heterocycles. The second-order valence-electron chi connectivity index (χ2n) is 4.50. The first kappa shape index (κ1) is 13.6. The number of hydrogen-bond donors (Lipinski definition) is 2. The molecule has 0 bridgehead atoms. The van der Waals surface area contributed by atoms with E-state index in [0.717, 1.165) is 12.1 Å². The molecule has 1 heterocycles. The zero-order valence-corrected chi connectivity index (χ0v) is 10.8. The summed E-state index contributed by atoms with van der Waals surface area (Å²) in [7, 11) is 1.79. The summed E-state index contributed by atoms with van der Waals surface area (Å²) in [5.74, 6) is 0.955. The number of hydrogen-bond acceptors (Lipinski definition) is 4. The fourth-order valence-corrected chi connectivity index (χ4v) is 1.56. The Bertz CT molecular complexity index is 379. The second kappa shape index (κ2) is 6.30. The van der Waals surface area contributed by atoms with Gasteiger partial charge in [0.1, 0.15) is 12.1 Å². The molecule has 1 rings (SSSR count). The van der Waals surface area contributed by atoms with Crippen molar-refractivity contribution in [2.45, 2.75) is 33.2 Å². The molecule has 0 radical (unpaired) electrons. The van der Waals surface area contributed by atoms with Crippen LogP contribution < -0.4 is 10.6 Å².